The SMILES string of the molecule is COc1ccc(Cl)cc1C(C)N. The van der Waals surface area contributed by atoms with Crippen LogP contribution in [0.2, 0.25) is 5.02 Å². The van der Waals surface area contributed by atoms with Crippen LogP contribution in [0.5, 0.6) is 5.75 Å². The molecule has 0 fully saturated rings. The number of ether oxygens (including phenoxy) is 1. The number of methoxy groups -OCH3 is 1. The number of hydrogen-bond donors (Lipinski definition) is 1. The predicted molar refractivity (Wildman–Crippen MR) is 50.6 cm³/mol. The Hall–Kier alpha value is -0.730. The van der Waals surface area contributed by atoms with Crippen LogP contribution >= 0.6 is 11.6 Å². The highest BCUT2D eigenvalue weighted by molar-refractivity contribution is 6.30. The lowest BCUT2D eigenvalue weighted by atomic mass is 10.1. The van der Waals surface area contributed by atoms with Gasteiger partial charge in [0.1, 0.15) is 5.75 Å². The van der Waals surface area contributed by atoms with Crippen LogP contribution in [-0.2, 0) is 0 Å². The Bertz CT molecular complexity index is 273. The highest BCUT2D eigenvalue weighted by atomic mass is 35.5. The molecule has 1 unspecified atom stereocenters. The van der Waals surface area contributed by atoms with E-state index in [-0.39, 0.29) is 6.04 Å². The van der Waals surface area contributed by atoms with Crippen LogP contribution in [0.1, 0.15) is 18.5 Å². The van der Waals surface area contributed by atoms with Gasteiger partial charge in [-0.05, 0) is 25.1 Å². The van der Waals surface area contributed by atoms with Crippen LogP contribution in [0, 0.1) is 0 Å². The van der Waals surface area contributed by atoms with E-state index in [1.54, 1.807) is 13.2 Å². The molecule has 0 heterocycles. The maximum atomic E-state index is 5.81. The fourth-order valence-electron chi connectivity index (χ4n) is 1.06. The van der Waals surface area contributed by atoms with Crippen molar-refractivity contribution in [3.63, 3.8) is 0 Å². The summed E-state index contributed by atoms with van der Waals surface area (Å²) < 4.78 is 5.12. The number of hydrogen-bond acceptors (Lipinski definition) is 2. The molecule has 1 aromatic rings. The number of rotatable bonds is 2. The molecule has 3 heteroatoms. The van der Waals surface area contributed by atoms with Crippen LogP contribution in [0.15, 0.2) is 18.2 Å². The minimum Gasteiger partial charge on any atom is -0.496 e. The molecule has 12 heavy (non-hydrogen) atoms. The van der Waals surface area contributed by atoms with Crippen LogP contribution in [0.4, 0.5) is 0 Å². The maximum absolute atomic E-state index is 5.81. The van der Waals surface area contributed by atoms with Crippen LogP contribution < -0.4 is 10.5 Å². The Kier molecular flexibility index (Phi) is 2.95. The number of nitrogens with two attached hydrogens (primary N) is 1. The molecule has 2 N–H and O–H groups in total. The van der Waals surface area contributed by atoms with Gasteiger partial charge >= 0.3 is 0 Å². The van der Waals surface area contributed by atoms with Crippen molar-refractivity contribution in [3.8, 4) is 5.75 Å². The van der Waals surface area contributed by atoms with Gasteiger partial charge in [0.25, 0.3) is 0 Å². The Morgan fingerprint density at radius 2 is 2.17 bits per heavy atom. The average Bonchev–Trinajstić information content (AvgIpc) is 2.04. The van der Waals surface area contributed by atoms with Crippen molar-refractivity contribution in [1.29, 1.82) is 0 Å². The Morgan fingerprint density at radius 3 is 2.67 bits per heavy atom. The Labute approximate surface area is 77.3 Å². The van der Waals surface area contributed by atoms with E-state index in [4.69, 9.17) is 22.1 Å². The van der Waals surface area contributed by atoms with Gasteiger partial charge in [0.2, 0.25) is 0 Å². The van der Waals surface area contributed by atoms with Gasteiger partial charge in [0.05, 0.1) is 7.11 Å². The van der Waals surface area contributed by atoms with E-state index < -0.39 is 0 Å². The zero-order valence-electron chi connectivity index (χ0n) is 7.17. The summed E-state index contributed by atoms with van der Waals surface area (Å²) in [5, 5.41) is 0.683. The summed E-state index contributed by atoms with van der Waals surface area (Å²) in [4.78, 5) is 0. The van der Waals surface area contributed by atoms with Crippen molar-refractivity contribution >= 4 is 11.6 Å². The fraction of sp³-hybridized carbons (Fsp3) is 0.333. The van der Waals surface area contributed by atoms with Crippen LogP contribution in [0.25, 0.3) is 0 Å². The first-order valence-corrected chi connectivity index (χ1v) is 4.12. The molecule has 0 aliphatic carbocycles. The second kappa shape index (κ2) is 3.78. The summed E-state index contributed by atoms with van der Waals surface area (Å²) in [6.45, 7) is 1.90. The van der Waals surface area contributed by atoms with E-state index >= 15 is 0 Å². The van der Waals surface area contributed by atoms with E-state index in [1.807, 2.05) is 19.1 Å². The van der Waals surface area contributed by atoms with Crippen molar-refractivity contribution < 1.29 is 4.74 Å². The summed E-state index contributed by atoms with van der Waals surface area (Å²) in [6.07, 6.45) is 0. The standard InChI is InChI=1S/C9H12ClNO/c1-6(11)8-5-7(10)3-4-9(8)12-2/h3-6H,11H2,1-2H3. The molecule has 1 aromatic carbocycles. The summed E-state index contributed by atoms with van der Waals surface area (Å²) in [7, 11) is 1.62. The summed E-state index contributed by atoms with van der Waals surface area (Å²) in [6, 6.07) is 5.37. The molecule has 1 atom stereocenters. The Morgan fingerprint density at radius 1 is 1.50 bits per heavy atom. The molecule has 0 saturated carbocycles. The normalized spacial score (nSPS) is 12.7. The molecule has 0 bridgehead atoms. The average molecular weight is 186 g/mol. The second-order valence-electron chi connectivity index (χ2n) is 2.67. The lowest BCUT2D eigenvalue weighted by Crippen LogP contribution is -2.06. The monoisotopic (exact) mass is 185 g/mol. The van der Waals surface area contributed by atoms with Gasteiger partial charge < -0.3 is 10.5 Å². The summed E-state index contributed by atoms with van der Waals surface area (Å²) in [5.41, 5.74) is 6.66. The third-order valence-electron chi connectivity index (χ3n) is 1.68. The molecule has 1 rings (SSSR count). The maximum Gasteiger partial charge on any atom is 0.123 e. The van der Waals surface area contributed by atoms with Crippen LogP contribution in [-0.4, -0.2) is 7.11 Å². The van der Waals surface area contributed by atoms with Gasteiger partial charge in [0.15, 0.2) is 0 Å². The molecule has 2 nitrogen and oxygen atoms in total. The summed E-state index contributed by atoms with van der Waals surface area (Å²) >= 11 is 5.81. The third-order valence-corrected chi connectivity index (χ3v) is 1.92. The van der Waals surface area contributed by atoms with Crippen molar-refractivity contribution in [3.05, 3.63) is 28.8 Å². The van der Waals surface area contributed by atoms with Crippen molar-refractivity contribution in [2.24, 2.45) is 5.73 Å². The van der Waals surface area contributed by atoms with Crippen molar-refractivity contribution in [2.45, 2.75) is 13.0 Å². The van der Waals surface area contributed by atoms with E-state index in [1.165, 1.54) is 0 Å². The van der Waals surface area contributed by atoms with Gasteiger partial charge in [-0.15, -0.1) is 0 Å². The molecule has 66 valence electrons. The molecule has 0 amide bonds. The Balaban J connectivity index is 3.12. The zero-order valence-corrected chi connectivity index (χ0v) is 7.93. The van der Waals surface area contributed by atoms with Crippen molar-refractivity contribution in [2.75, 3.05) is 7.11 Å². The van der Waals surface area contributed by atoms with Gasteiger partial charge in [-0.1, -0.05) is 11.6 Å². The number of halogens is 1. The smallest absolute Gasteiger partial charge is 0.123 e. The van der Waals surface area contributed by atoms with Crippen LogP contribution in [0.3, 0.4) is 0 Å². The molecule has 0 aromatic heterocycles. The molecular weight excluding hydrogens is 174 g/mol. The molecule has 0 aliphatic rings. The highest BCUT2D eigenvalue weighted by Gasteiger charge is 2.07. The highest BCUT2D eigenvalue weighted by Crippen LogP contribution is 2.26. The van der Waals surface area contributed by atoms with Gasteiger partial charge in [-0.3, -0.25) is 0 Å². The van der Waals surface area contributed by atoms with E-state index in [2.05, 4.69) is 0 Å². The lowest BCUT2D eigenvalue weighted by molar-refractivity contribution is 0.407. The molecule has 0 spiro atoms. The fourth-order valence-corrected chi connectivity index (χ4v) is 1.24. The molecule has 0 radical (unpaired) electrons. The topological polar surface area (TPSA) is 35.2 Å². The van der Waals surface area contributed by atoms with E-state index in [0.29, 0.717) is 5.02 Å². The van der Waals surface area contributed by atoms with Crippen molar-refractivity contribution in [1.82, 2.24) is 0 Å². The van der Waals surface area contributed by atoms with Gasteiger partial charge in [-0.25, -0.2) is 0 Å². The minimum atomic E-state index is -0.0568. The predicted octanol–water partition coefficient (Wildman–Crippen LogP) is 2.37. The quantitative estimate of drug-likeness (QED) is 0.768. The third kappa shape index (κ3) is 1.90. The summed E-state index contributed by atoms with van der Waals surface area (Å²) in [5.74, 6) is 0.786. The first kappa shape index (κ1) is 9.36. The lowest BCUT2D eigenvalue weighted by Gasteiger charge is -2.11. The first-order chi connectivity index (χ1) is 5.65. The first-order valence-electron chi connectivity index (χ1n) is 3.74. The molecular formula is C9H12ClNO. The molecule has 0 aliphatic heterocycles. The molecule has 0 saturated heterocycles. The minimum absolute atomic E-state index is 0.0568. The second-order valence-corrected chi connectivity index (χ2v) is 3.11. The van der Waals surface area contributed by atoms with Gasteiger partial charge in [0, 0.05) is 16.6 Å². The van der Waals surface area contributed by atoms with E-state index in [0.717, 1.165) is 11.3 Å². The van der Waals surface area contributed by atoms with E-state index in [9.17, 15) is 0 Å². The largest absolute Gasteiger partial charge is 0.496 e. The van der Waals surface area contributed by atoms with Gasteiger partial charge in [-0.2, -0.15) is 0 Å². The zero-order chi connectivity index (χ0) is 9.14. The number of benzene rings is 1.